The second-order valence-electron chi connectivity index (χ2n) is 7.49. The Labute approximate surface area is 178 Å². The Morgan fingerprint density at radius 1 is 1.19 bits per heavy atom. The van der Waals surface area contributed by atoms with E-state index in [0.29, 0.717) is 23.5 Å². The maximum Gasteiger partial charge on any atom is 0.416 e. The van der Waals surface area contributed by atoms with Gasteiger partial charge in [-0.1, -0.05) is 18.2 Å². The molecule has 1 aliphatic rings. The summed E-state index contributed by atoms with van der Waals surface area (Å²) in [6.07, 6.45) is -4.90. The van der Waals surface area contributed by atoms with Crippen LogP contribution in [0.2, 0.25) is 0 Å². The second-order valence-corrected chi connectivity index (χ2v) is 7.49. The van der Waals surface area contributed by atoms with E-state index in [1.54, 1.807) is 6.07 Å². The van der Waals surface area contributed by atoms with Crippen molar-refractivity contribution in [3.05, 3.63) is 76.2 Å². The number of ether oxygens (including phenoxy) is 2. The zero-order valence-corrected chi connectivity index (χ0v) is 17.4. The first-order chi connectivity index (χ1) is 14.5. The molecule has 1 heterocycles. The predicted molar refractivity (Wildman–Crippen MR) is 108 cm³/mol. The molecule has 0 aromatic heterocycles. The van der Waals surface area contributed by atoms with Gasteiger partial charge in [-0.25, -0.2) is 0 Å². The number of alkyl halides is 3. The van der Waals surface area contributed by atoms with Crippen LogP contribution in [0.5, 0.6) is 5.75 Å². The number of hydrogen-bond donors (Lipinski definition) is 2. The lowest BCUT2D eigenvalue weighted by Crippen LogP contribution is -2.17. The summed E-state index contributed by atoms with van der Waals surface area (Å²) in [5.41, 5.74) is 2.49. The van der Waals surface area contributed by atoms with E-state index in [9.17, 15) is 18.0 Å². The molecule has 0 fully saturated rings. The third kappa shape index (κ3) is 5.51. The lowest BCUT2D eigenvalue weighted by molar-refractivity contribution is -0.138. The first-order valence-corrected chi connectivity index (χ1v) is 9.83. The Kier molecular flexibility index (Phi) is 6.48. The molecule has 0 saturated carbocycles. The van der Waals surface area contributed by atoms with Gasteiger partial charge in [0, 0.05) is 12.0 Å². The van der Waals surface area contributed by atoms with Crippen LogP contribution in [0.3, 0.4) is 0 Å². The van der Waals surface area contributed by atoms with Crippen LogP contribution in [0.1, 0.15) is 48.8 Å². The minimum atomic E-state index is -4.38. The van der Waals surface area contributed by atoms with Gasteiger partial charge in [-0.2, -0.15) is 13.2 Å². The van der Waals surface area contributed by atoms with Crippen LogP contribution in [0.15, 0.2) is 53.9 Å². The monoisotopic (exact) mass is 435 g/mol. The van der Waals surface area contributed by atoms with Gasteiger partial charge >= 0.3 is 12.1 Å². The number of carbonyl (C=O) groups is 1. The minimum Gasteiger partial charge on any atom is -0.483 e. The van der Waals surface area contributed by atoms with Crippen molar-refractivity contribution in [3.63, 3.8) is 0 Å². The Balaban J connectivity index is 1.64. The van der Waals surface area contributed by atoms with Gasteiger partial charge in [-0.05, 0) is 62.6 Å². The molecule has 1 aliphatic heterocycles. The molecule has 0 saturated heterocycles. The molecule has 2 atom stereocenters. The van der Waals surface area contributed by atoms with E-state index < -0.39 is 30.0 Å². The van der Waals surface area contributed by atoms with E-state index in [-0.39, 0.29) is 6.42 Å². The first-order valence-electron chi connectivity index (χ1n) is 9.83. The van der Waals surface area contributed by atoms with E-state index in [4.69, 9.17) is 14.6 Å². The van der Waals surface area contributed by atoms with Gasteiger partial charge in [-0.3, -0.25) is 4.79 Å². The molecular formula is C23H24F3NO4. The quantitative estimate of drug-likeness (QED) is 0.614. The molecule has 2 N–H and O–H groups in total. The molecule has 2 aromatic carbocycles. The molecule has 8 heteroatoms. The van der Waals surface area contributed by atoms with Crippen molar-refractivity contribution in [2.45, 2.75) is 52.1 Å². The Morgan fingerprint density at radius 2 is 1.87 bits per heavy atom. The van der Waals surface area contributed by atoms with Crippen molar-refractivity contribution < 1.29 is 32.5 Å². The van der Waals surface area contributed by atoms with Crippen molar-refractivity contribution in [2.75, 3.05) is 0 Å². The van der Waals surface area contributed by atoms with Crippen LogP contribution < -0.4 is 10.1 Å². The fourth-order valence-electron chi connectivity index (χ4n) is 3.43. The zero-order valence-electron chi connectivity index (χ0n) is 17.4. The number of hydrogen-bond acceptors (Lipinski definition) is 4. The Bertz CT molecular complexity index is 983. The van der Waals surface area contributed by atoms with Crippen molar-refractivity contribution in [3.8, 4) is 5.75 Å². The molecule has 31 heavy (non-hydrogen) atoms. The molecule has 166 valence electrons. The van der Waals surface area contributed by atoms with Gasteiger partial charge < -0.3 is 19.9 Å². The molecule has 2 aromatic rings. The van der Waals surface area contributed by atoms with Gasteiger partial charge in [0.25, 0.3) is 0 Å². The first kappa shape index (κ1) is 22.5. The van der Waals surface area contributed by atoms with Crippen molar-refractivity contribution in [2.24, 2.45) is 0 Å². The summed E-state index contributed by atoms with van der Waals surface area (Å²) in [5.74, 6) is 0.340. The summed E-state index contributed by atoms with van der Waals surface area (Å²) < 4.78 is 50.2. The normalized spacial score (nSPS) is 17.2. The van der Waals surface area contributed by atoms with Crippen LogP contribution >= 0.6 is 0 Å². The number of allylic oxidation sites excluding steroid dienone is 1. The highest BCUT2D eigenvalue weighted by Crippen LogP contribution is 2.33. The number of rotatable bonds is 7. The fourth-order valence-corrected chi connectivity index (χ4v) is 3.43. The summed E-state index contributed by atoms with van der Waals surface area (Å²) in [6, 6.07) is 10.3. The molecule has 0 bridgehead atoms. The smallest absolute Gasteiger partial charge is 0.416 e. The largest absolute Gasteiger partial charge is 0.483 e. The highest BCUT2D eigenvalue weighted by Gasteiger charge is 2.32. The number of aliphatic carboxylic acids is 1. The van der Waals surface area contributed by atoms with E-state index in [0.717, 1.165) is 29.0 Å². The summed E-state index contributed by atoms with van der Waals surface area (Å²) in [5, 5.41) is 12.0. The summed E-state index contributed by atoms with van der Waals surface area (Å²) in [6.45, 7) is 5.54. The summed E-state index contributed by atoms with van der Waals surface area (Å²) in [4.78, 5) is 10.8. The zero-order chi connectivity index (χ0) is 22.8. The van der Waals surface area contributed by atoms with Crippen LogP contribution in [0.4, 0.5) is 13.2 Å². The number of halogens is 3. The van der Waals surface area contributed by atoms with Crippen LogP contribution in [0, 0.1) is 6.92 Å². The maximum atomic E-state index is 12.8. The number of nitrogens with one attached hydrogen (secondary N) is 1. The highest BCUT2D eigenvalue weighted by atomic mass is 19.4. The molecule has 5 nitrogen and oxygen atoms in total. The van der Waals surface area contributed by atoms with E-state index in [1.165, 1.54) is 12.1 Å². The predicted octanol–water partition coefficient (Wildman–Crippen LogP) is 5.35. The average Bonchev–Trinajstić information content (AvgIpc) is 3.08. The van der Waals surface area contributed by atoms with E-state index in [1.807, 2.05) is 32.9 Å². The lowest BCUT2D eigenvalue weighted by Gasteiger charge is -2.19. The average molecular weight is 435 g/mol. The molecule has 3 rings (SSSR count). The topological polar surface area (TPSA) is 67.8 Å². The van der Waals surface area contributed by atoms with Crippen LogP contribution in [-0.2, 0) is 22.1 Å². The number of carboxylic acids is 1. The molecule has 0 amide bonds. The van der Waals surface area contributed by atoms with Crippen molar-refractivity contribution in [1.29, 1.82) is 0 Å². The molecule has 0 radical (unpaired) electrons. The Morgan fingerprint density at radius 3 is 2.45 bits per heavy atom. The van der Waals surface area contributed by atoms with Gasteiger partial charge in [-0.15, -0.1) is 0 Å². The van der Waals surface area contributed by atoms with Crippen LogP contribution in [-0.4, -0.2) is 17.2 Å². The number of carboxylic acid groups (broad SMARTS) is 1. The second kappa shape index (κ2) is 8.91. The summed E-state index contributed by atoms with van der Waals surface area (Å²) in [7, 11) is 0. The maximum absolute atomic E-state index is 12.8. The number of aryl methyl sites for hydroxylation is 2. The van der Waals surface area contributed by atoms with E-state index >= 15 is 0 Å². The minimum absolute atomic E-state index is 0.0639. The van der Waals surface area contributed by atoms with Gasteiger partial charge in [0.2, 0.25) is 0 Å². The Hall–Kier alpha value is -3.16. The van der Waals surface area contributed by atoms with Crippen molar-refractivity contribution in [1.82, 2.24) is 5.32 Å². The highest BCUT2D eigenvalue weighted by molar-refractivity contribution is 5.67. The summed E-state index contributed by atoms with van der Waals surface area (Å²) >= 11 is 0. The van der Waals surface area contributed by atoms with Gasteiger partial charge in [0.1, 0.15) is 5.75 Å². The molecule has 0 aliphatic carbocycles. The fraction of sp³-hybridized carbons (Fsp3) is 0.348. The number of benzene rings is 2. The standard InChI is InChI=1S/C23H24F3NO4/c1-13-12-19(10-6-16(13)7-11-20(28)29)30-15(3)21-14(2)27-22(31-21)17-4-8-18(9-5-17)23(24,25)26/h4-6,8-10,12,15,22,27H,7,11H2,1-3H3,(H,28,29). The van der Waals surface area contributed by atoms with Crippen molar-refractivity contribution >= 4 is 5.97 Å². The lowest BCUT2D eigenvalue weighted by atomic mass is 10.0. The SMILES string of the molecule is CC1=C(C(C)Oc2ccc(CCC(=O)O)c(C)c2)OC(c2ccc(C(F)(F)F)cc2)N1. The molecular weight excluding hydrogens is 411 g/mol. The van der Waals surface area contributed by atoms with E-state index in [2.05, 4.69) is 5.32 Å². The van der Waals surface area contributed by atoms with Gasteiger partial charge in [0.05, 0.1) is 11.3 Å². The van der Waals surface area contributed by atoms with Gasteiger partial charge in [0.15, 0.2) is 18.1 Å². The third-order valence-corrected chi connectivity index (χ3v) is 5.11. The van der Waals surface area contributed by atoms with Crippen LogP contribution in [0.25, 0.3) is 0 Å². The third-order valence-electron chi connectivity index (χ3n) is 5.11. The molecule has 2 unspecified atom stereocenters. The molecule has 0 spiro atoms.